The van der Waals surface area contributed by atoms with Crippen LogP contribution in [0.1, 0.15) is 11.1 Å². The van der Waals surface area contributed by atoms with E-state index in [0.29, 0.717) is 5.65 Å². The molecule has 200 valence electrons. The molecule has 0 amide bonds. The Hall–Kier alpha value is -4.60. The van der Waals surface area contributed by atoms with Crippen LogP contribution in [0.15, 0.2) is 79.3 Å². The van der Waals surface area contributed by atoms with E-state index in [-0.39, 0.29) is 0 Å². The summed E-state index contributed by atoms with van der Waals surface area (Å²) in [6, 6.07) is 21.0. The van der Waals surface area contributed by atoms with Gasteiger partial charge in [0.1, 0.15) is 11.2 Å². The minimum Gasteiger partial charge on any atom is -0.367 e. The molecule has 3 N–H and O–H groups in total. The topological polar surface area (TPSA) is 102 Å². The fourth-order valence-electron chi connectivity index (χ4n) is 5.37. The number of aromatic amines is 2. The number of likely N-dealkylation sites (N-methyl/N-ethyl adjacent to an activating group) is 1. The Morgan fingerprint density at radius 3 is 2.55 bits per heavy atom. The summed E-state index contributed by atoms with van der Waals surface area (Å²) in [6.07, 6.45) is 5.64. The van der Waals surface area contributed by atoms with Crippen LogP contribution in [0.3, 0.4) is 0 Å². The van der Waals surface area contributed by atoms with Gasteiger partial charge in [-0.1, -0.05) is 36.4 Å². The van der Waals surface area contributed by atoms with Gasteiger partial charge in [0.2, 0.25) is 0 Å². The van der Waals surface area contributed by atoms with Crippen molar-refractivity contribution in [2.45, 2.75) is 13.1 Å². The summed E-state index contributed by atoms with van der Waals surface area (Å²) in [7, 11) is 2.17. The number of nitrogens with zero attached hydrogens (tertiary/aromatic N) is 6. The summed E-state index contributed by atoms with van der Waals surface area (Å²) in [5.74, 6) is 0.759. The SMILES string of the molecule is CN1CCN(c2cccc3[nH]c(-c4[nH]nc5ncc(-c6cncc(CNCc7ccccc7)c6)cc45)nc23)CC1. The van der Waals surface area contributed by atoms with E-state index >= 15 is 0 Å². The Bertz CT molecular complexity index is 1760. The normalized spacial score (nSPS) is 14.4. The van der Waals surface area contributed by atoms with E-state index in [2.05, 4.69) is 102 Å². The van der Waals surface area contributed by atoms with Gasteiger partial charge in [-0.15, -0.1) is 0 Å². The van der Waals surface area contributed by atoms with Crippen LogP contribution in [0.25, 0.3) is 44.7 Å². The number of imidazole rings is 1. The summed E-state index contributed by atoms with van der Waals surface area (Å²) in [6.45, 7) is 5.63. The molecule has 1 aliphatic heterocycles. The lowest BCUT2D eigenvalue weighted by molar-refractivity contribution is 0.313. The zero-order chi connectivity index (χ0) is 26.9. The maximum Gasteiger partial charge on any atom is 0.181 e. The van der Waals surface area contributed by atoms with Crippen LogP contribution < -0.4 is 10.2 Å². The molecule has 7 rings (SSSR count). The first kappa shape index (κ1) is 24.4. The van der Waals surface area contributed by atoms with E-state index in [1.54, 1.807) is 0 Å². The Kier molecular flexibility index (Phi) is 6.43. The highest BCUT2D eigenvalue weighted by molar-refractivity contribution is 5.96. The smallest absolute Gasteiger partial charge is 0.181 e. The minimum atomic E-state index is 0.659. The van der Waals surface area contributed by atoms with Gasteiger partial charge in [0.05, 0.1) is 16.6 Å². The van der Waals surface area contributed by atoms with Crippen LogP contribution in [-0.4, -0.2) is 68.3 Å². The number of aromatic nitrogens is 6. The van der Waals surface area contributed by atoms with Crippen LogP contribution in [0.4, 0.5) is 5.69 Å². The highest BCUT2D eigenvalue weighted by Gasteiger charge is 2.20. The summed E-state index contributed by atoms with van der Waals surface area (Å²) in [5, 5.41) is 12.1. The van der Waals surface area contributed by atoms with E-state index in [9.17, 15) is 0 Å². The van der Waals surface area contributed by atoms with Gasteiger partial charge < -0.3 is 20.1 Å². The van der Waals surface area contributed by atoms with Gasteiger partial charge in [-0.2, -0.15) is 5.10 Å². The summed E-state index contributed by atoms with van der Waals surface area (Å²) in [5.41, 5.74) is 9.03. The maximum atomic E-state index is 5.04. The number of piperazine rings is 1. The number of benzene rings is 2. The van der Waals surface area contributed by atoms with Gasteiger partial charge >= 0.3 is 0 Å². The second-order valence-electron chi connectivity index (χ2n) is 10.4. The molecule has 6 aromatic rings. The standard InChI is InChI=1S/C31H31N9/c1-39-10-12-40(13-11-39)27-9-5-8-26-29(27)36-31(35-26)28-25-15-24(20-34-30(25)38-37-28)23-14-22(18-33-19-23)17-32-16-21-6-3-2-4-7-21/h2-9,14-15,18-20,32H,10-13,16-17H2,1H3,(H,35,36)(H,34,37,38). The van der Waals surface area contributed by atoms with Crippen LogP contribution in [0.2, 0.25) is 0 Å². The third-order valence-electron chi connectivity index (χ3n) is 7.61. The predicted octanol–water partition coefficient (Wildman–Crippen LogP) is 4.60. The van der Waals surface area contributed by atoms with E-state index in [4.69, 9.17) is 4.98 Å². The number of H-pyrrole nitrogens is 2. The molecule has 0 unspecified atom stereocenters. The zero-order valence-corrected chi connectivity index (χ0v) is 22.4. The van der Waals surface area contributed by atoms with Crippen LogP contribution >= 0.6 is 0 Å². The summed E-state index contributed by atoms with van der Waals surface area (Å²) >= 11 is 0. The lowest BCUT2D eigenvalue weighted by Gasteiger charge is -2.34. The minimum absolute atomic E-state index is 0.659. The van der Waals surface area contributed by atoms with Crippen molar-refractivity contribution < 1.29 is 0 Å². The van der Waals surface area contributed by atoms with E-state index < -0.39 is 0 Å². The van der Waals surface area contributed by atoms with Crippen molar-refractivity contribution in [2.75, 3.05) is 38.1 Å². The molecular weight excluding hydrogens is 498 g/mol. The van der Waals surface area contributed by atoms with Crippen molar-refractivity contribution >= 4 is 27.8 Å². The maximum absolute atomic E-state index is 5.04. The molecule has 0 saturated carbocycles. The first-order valence-corrected chi connectivity index (χ1v) is 13.7. The Morgan fingerprint density at radius 1 is 0.850 bits per heavy atom. The number of nitrogens with one attached hydrogen (secondary N) is 3. The second kappa shape index (κ2) is 10.5. The second-order valence-corrected chi connectivity index (χ2v) is 10.4. The lowest BCUT2D eigenvalue weighted by atomic mass is 10.1. The molecule has 2 aromatic carbocycles. The molecule has 1 fully saturated rings. The Balaban J connectivity index is 1.17. The quantitative estimate of drug-likeness (QED) is 0.278. The third kappa shape index (κ3) is 4.81. The lowest BCUT2D eigenvalue weighted by Crippen LogP contribution is -2.44. The highest BCUT2D eigenvalue weighted by atomic mass is 15.3. The van der Waals surface area contributed by atoms with Crippen molar-refractivity contribution in [3.63, 3.8) is 0 Å². The first-order valence-electron chi connectivity index (χ1n) is 13.7. The average Bonchev–Trinajstić information content (AvgIpc) is 3.62. The predicted molar refractivity (Wildman–Crippen MR) is 159 cm³/mol. The van der Waals surface area contributed by atoms with Crippen molar-refractivity contribution in [3.05, 3.63) is 90.4 Å². The van der Waals surface area contributed by atoms with Gasteiger partial charge in [-0.25, -0.2) is 9.97 Å². The zero-order valence-electron chi connectivity index (χ0n) is 22.4. The van der Waals surface area contributed by atoms with Crippen molar-refractivity contribution in [3.8, 4) is 22.6 Å². The molecule has 0 atom stereocenters. The molecular formula is C31H31N9. The van der Waals surface area contributed by atoms with Crippen molar-refractivity contribution in [1.29, 1.82) is 0 Å². The molecule has 0 aliphatic carbocycles. The number of hydrogen-bond donors (Lipinski definition) is 3. The monoisotopic (exact) mass is 529 g/mol. The van der Waals surface area contributed by atoms with Gasteiger partial charge in [-0.05, 0) is 42.4 Å². The van der Waals surface area contributed by atoms with Crippen LogP contribution in [0, 0.1) is 0 Å². The number of rotatable bonds is 7. The van der Waals surface area contributed by atoms with E-state index in [0.717, 1.165) is 83.9 Å². The molecule has 1 saturated heterocycles. The number of pyridine rings is 2. The molecule has 0 bridgehead atoms. The molecule has 0 radical (unpaired) electrons. The average molecular weight is 530 g/mol. The third-order valence-corrected chi connectivity index (χ3v) is 7.61. The number of para-hydroxylation sites is 1. The number of hydrogen-bond acceptors (Lipinski definition) is 7. The fraction of sp³-hybridized carbons (Fsp3) is 0.226. The number of fused-ring (bicyclic) bond motifs is 2. The van der Waals surface area contributed by atoms with Crippen LogP contribution in [0.5, 0.6) is 0 Å². The molecule has 5 heterocycles. The highest BCUT2D eigenvalue weighted by Crippen LogP contribution is 2.32. The van der Waals surface area contributed by atoms with Gasteiger partial charge in [0.15, 0.2) is 11.5 Å². The molecule has 4 aromatic heterocycles. The fourth-order valence-corrected chi connectivity index (χ4v) is 5.37. The van der Waals surface area contributed by atoms with Crippen LogP contribution in [-0.2, 0) is 13.1 Å². The first-order chi connectivity index (χ1) is 19.7. The van der Waals surface area contributed by atoms with E-state index in [1.165, 1.54) is 11.3 Å². The van der Waals surface area contributed by atoms with Crippen molar-refractivity contribution in [2.24, 2.45) is 0 Å². The van der Waals surface area contributed by atoms with Gasteiger partial charge in [0, 0.05) is 69.0 Å². The molecule has 0 spiro atoms. The Labute approximate surface area is 232 Å². The van der Waals surface area contributed by atoms with Gasteiger partial charge in [-0.3, -0.25) is 10.1 Å². The molecule has 40 heavy (non-hydrogen) atoms. The van der Waals surface area contributed by atoms with E-state index in [1.807, 2.05) is 24.7 Å². The largest absolute Gasteiger partial charge is 0.367 e. The summed E-state index contributed by atoms with van der Waals surface area (Å²) < 4.78 is 0. The van der Waals surface area contributed by atoms with Gasteiger partial charge in [0.25, 0.3) is 0 Å². The molecule has 9 heteroatoms. The molecule has 1 aliphatic rings. The summed E-state index contributed by atoms with van der Waals surface area (Å²) in [4.78, 5) is 22.5. The number of anilines is 1. The van der Waals surface area contributed by atoms with Crippen molar-refractivity contribution in [1.82, 2.24) is 40.3 Å². The Morgan fingerprint density at radius 2 is 1.68 bits per heavy atom. The molecule has 9 nitrogen and oxygen atoms in total.